The Balaban J connectivity index is 1.89. The van der Waals surface area contributed by atoms with Crippen LogP contribution in [0.3, 0.4) is 0 Å². The van der Waals surface area contributed by atoms with Gasteiger partial charge in [-0.3, -0.25) is 4.79 Å². The number of phenols is 1. The van der Waals surface area contributed by atoms with Crippen molar-refractivity contribution < 1.29 is 14.6 Å². The summed E-state index contributed by atoms with van der Waals surface area (Å²) in [5.74, 6) is 0.368. The predicted octanol–water partition coefficient (Wildman–Crippen LogP) is 3.07. The van der Waals surface area contributed by atoms with Crippen LogP contribution in [0.15, 0.2) is 58.1 Å². The third kappa shape index (κ3) is 4.89. The van der Waals surface area contributed by atoms with Gasteiger partial charge in [0.05, 0.1) is 6.21 Å². The maximum Gasteiger partial charge on any atom is 0.280 e. The topological polar surface area (TPSA) is 70.9 Å². The number of rotatable bonds is 5. The van der Waals surface area contributed by atoms with E-state index in [4.69, 9.17) is 4.74 Å². The molecule has 0 aliphatic rings. The van der Waals surface area contributed by atoms with Crippen molar-refractivity contribution in [2.24, 2.45) is 5.10 Å². The number of nitrogens with zero attached hydrogens (tertiary/aromatic N) is 1. The van der Waals surface area contributed by atoms with Crippen LogP contribution in [0.25, 0.3) is 0 Å². The highest BCUT2D eigenvalue weighted by Gasteiger charge is 2.13. The van der Waals surface area contributed by atoms with Crippen LogP contribution in [0.5, 0.6) is 11.5 Å². The van der Waals surface area contributed by atoms with Gasteiger partial charge < -0.3 is 9.84 Å². The van der Waals surface area contributed by atoms with E-state index >= 15 is 0 Å². The van der Waals surface area contributed by atoms with Gasteiger partial charge in [0.25, 0.3) is 5.91 Å². The largest absolute Gasteiger partial charge is 0.508 e. The molecule has 6 heteroatoms. The molecule has 0 heterocycles. The molecule has 2 aromatic carbocycles. The summed E-state index contributed by atoms with van der Waals surface area (Å²) in [7, 11) is 0. The van der Waals surface area contributed by atoms with Crippen LogP contribution in [0.1, 0.15) is 12.5 Å². The molecule has 0 bridgehead atoms. The van der Waals surface area contributed by atoms with Crippen molar-refractivity contribution >= 4 is 28.1 Å². The van der Waals surface area contributed by atoms with Crippen LogP contribution in [0.2, 0.25) is 0 Å². The Bertz CT molecular complexity index is 689. The Labute approximate surface area is 136 Å². The van der Waals surface area contributed by atoms with Crippen molar-refractivity contribution in [3.05, 3.63) is 58.6 Å². The van der Waals surface area contributed by atoms with Gasteiger partial charge in [-0.1, -0.05) is 34.1 Å². The molecule has 0 saturated carbocycles. The van der Waals surface area contributed by atoms with Crippen LogP contribution >= 0.6 is 15.9 Å². The molecule has 0 aliphatic heterocycles. The van der Waals surface area contributed by atoms with E-state index in [9.17, 15) is 9.90 Å². The molecule has 0 spiro atoms. The molecule has 114 valence electrons. The van der Waals surface area contributed by atoms with Crippen molar-refractivity contribution in [3.63, 3.8) is 0 Å². The van der Waals surface area contributed by atoms with Gasteiger partial charge in [0.2, 0.25) is 0 Å². The lowest BCUT2D eigenvalue weighted by Crippen LogP contribution is -2.33. The van der Waals surface area contributed by atoms with Gasteiger partial charge in [0, 0.05) is 4.47 Å². The number of hydrogen-bond acceptors (Lipinski definition) is 4. The lowest BCUT2D eigenvalue weighted by Gasteiger charge is -2.12. The number of benzene rings is 2. The van der Waals surface area contributed by atoms with E-state index in [2.05, 4.69) is 26.5 Å². The fourth-order valence-electron chi connectivity index (χ4n) is 1.66. The molecule has 0 unspecified atom stereocenters. The lowest BCUT2D eigenvalue weighted by molar-refractivity contribution is -0.127. The zero-order chi connectivity index (χ0) is 15.9. The minimum Gasteiger partial charge on any atom is -0.508 e. The monoisotopic (exact) mass is 362 g/mol. The number of nitrogens with one attached hydrogen (secondary N) is 1. The lowest BCUT2D eigenvalue weighted by atomic mass is 10.2. The van der Waals surface area contributed by atoms with Gasteiger partial charge in [-0.05, 0) is 42.8 Å². The molecule has 0 aliphatic carbocycles. The summed E-state index contributed by atoms with van der Waals surface area (Å²) in [6, 6.07) is 13.8. The number of hydrogen-bond donors (Lipinski definition) is 2. The molecule has 2 rings (SSSR count). The number of amides is 1. The average molecular weight is 363 g/mol. The highest BCUT2D eigenvalue weighted by molar-refractivity contribution is 9.10. The zero-order valence-corrected chi connectivity index (χ0v) is 13.4. The number of hydrazone groups is 1. The third-order valence-electron chi connectivity index (χ3n) is 2.74. The summed E-state index contributed by atoms with van der Waals surface area (Å²) in [5, 5.41) is 13.2. The smallest absolute Gasteiger partial charge is 0.280 e. The van der Waals surface area contributed by atoms with Gasteiger partial charge in [-0.15, -0.1) is 0 Å². The zero-order valence-electron chi connectivity index (χ0n) is 11.9. The molecule has 2 aromatic rings. The van der Waals surface area contributed by atoms with Gasteiger partial charge in [-0.2, -0.15) is 5.10 Å². The van der Waals surface area contributed by atoms with Gasteiger partial charge in [-0.25, -0.2) is 5.43 Å². The van der Waals surface area contributed by atoms with E-state index in [0.717, 1.165) is 4.47 Å². The second-order valence-corrected chi connectivity index (χ2v) is 5.46. The fourth-order valence-corrected chi connectivity index (χ4v) is 2.04. The van der Waals surface area contributed by atoms with Crippen LogP contribution in [-0.4, -0.2) is 23.3 Å². The van der Waals surface area contributed by atoms with E-state index in [1.54, 1.807) is 37.3 Å². The van der Waals surface area contributed by atoms with Crippen LogP contribution in [0, 0.1) is 0 Å². The Kier molecular flexibility index (Phi) is 5.55. The highest BCUT2D eigenvalue weighted by atomic mass is 79.9. The quantitative estimate of drug-likeness (QED) is 0.634. The predicted molar refractivity (Wildman–Crippen MR) is 88.1 cm³/mol. The third-order valence-corrected chi connectivity index (χ3v) is 3.23. The number of ether oxygens (including phenoxy) is 1. The summed E-state index contributed by atoms with van der Waals surface area (Å²) >= 11 is 3.34. The number of carbonyl (C=O) groups is 1. The van der Waals surface area contributed by atoms with Gasteiger partial charge in [0.1, 0.15) is 11.5 Å². The SMILES string of the molecule is C[C@@H](Oc1cccc(Br)c1)C(=O)N/N=C\c1cccc(O)c1. The van der Waals surface area contributed by atoms with E-state index in [0.29, 0.717) is 11.3 Å². The van der Waals surface area contributed by atoms with E-state index in [1.165, 1.54) is 12.3 Å². The summed E-state index contributed by atoms with van der Waals surface area (Å²) in [5.41, 5.74) is 3.08. The van der Waals surface area contributed by atoms with Crippen LogP contribution in [0.4, 0.5) is 0 Å². The molecule has 5 nitrogen and oxygen atoms in total. The summed E-state index contributed by atoms with van der Waals surface area (Å²) in [4.78, 5) is 11.9. The van der Waals surface area contributed by atoms with Gasteiger partial charge >= 0.3 is 0 Å². The summed E-state index contributed by atoms with van der Waals surface area (Å²) in [6.07, 6.45) is 0.763. The molecular formula is C16H15BrN2O3. The van der Waals surface area contributed by atoms with E-state index < -0.39 is 6.10 Å². The fraction of sp³-hybridized carbons (Fsp3) is 0.125. The Hall–Kier alpha value is -2.34. The van der Waals surface area contributed by atoms with Crippen LogP contribution < -0.4 is 10.2 Å². The van der Waals surface area contributed by atoms with Crippen molar-refractivity contribution in [1.29, 1.82) is 0 Å². The second-order valence-electron chi connectivity index (χ2n) is 4.55. The highest BCUT2D eigenvalue weighted by Crippen LogP contribution is 2.18. The standard InChI is InChI=1S/C16H15BrN2O3/c1-11(22-15-7-3-5-13(17)9-15)16(21)19-18-10-12-4-2-6-14(20)8-12/h2-11,20H,1H3,(H,19,21)/b18-10-/t11-/m1/s1. The molecule has 2 N–H and O–H groups in total. The molecule has 1 amide bonds. The number of carbonyl (C=O) groups excluding carboxylic acids is 1. The molecule has 22 heavy (non-hydrogen) atoms. The maximum atomic E-state index is 11.9. The van der Waals surface area contributed by atoms with Crippen molar-refractivity contribution in [1.82, 2.24) is 5.43 Å². The Morgan fingerprint density at radius 2 is 2.09 bits per heavy atom. The molecule has 1 atom stereocenters. The summed E-state index contributed by atoms with van der Waals surface area (Å²) in [6.45, 7) is 1.64. The second kappa shape index (κ2) is 7.61. The van der Waals surface area contributed by atoms with Crippen molar-refractivity contribution in [2.75, 3.05) is 0 Å². The average Bonchev–Trinajstić information content (AvgIpc) is 2.47. The number of aromatic hydroxyl groups is 1. The molecule has 0 aromatic heterocycles. The Morgan fingerprint density at radius 1 is 1.32 bits per heavy atom. The first-order chi connectivity index (χ1) is 10.5. The van der Waals surface area contributed by atoms with Gasteiger partial charge in [0.15, 0.2) is 6.10 Å². The van der Waals surface area contributed by atoms with E-state index in [-0.39, 0.29) is 11.7 Å². The van der Waals surface area contributed by atoms with Crippen molar-refractivity contribution in [3.8, 4) is 11.5 Å². The molecule has 0 fully saturated rings. The molecule has 0 radical (unpaired) electrons. The normalized spacial score (nSPS) is 12.1. The first kappa shape index (κ1) is 16.0. The van der Waals surface area contributed by atoms with Crippen molar-refractivity contribution in [2.45, 2.75) is 13.0 Å². The minimum atomic E-state index is -0.685. The van der Waals surface area contributed by atoms with Crippen LogP contribution in [-0.2, 0) is 4.79 Å². The first-order valence-electron chi connectivity index (χ1n) is 6.59. The minimum absolute atomic E-state index is 0.140. The first-order valence-corrected chi connectivity index (χ1v) is 7.38. The Morgan fingerprint density at radius 3 is 2.82 bits per heavy atom. The molecule has 0 saturated heterocycles. The number of phenolic OH excluding ortho intramolecular Hbond substituents is 1. The summed E-state index contributed by atoms with van der Waals surface area (Å²) < 4.78 is 6.40. The van der Waals surface area contributed by atoms with E-state index in [1.807, 2.05) is 12.1 Å². The number of halogens is 1. The maximum absolute atomic E-state index is 11.9. The molecular weight excluding hydrogens is 348 g/mol.